The molecule has 0 aromatic rings. The first-order valence-corrected chi connectivity index (χ1v) is 10.7. The van der Waals surface area contributed by atoms with Crippen LogP contribution in [0.15, 0.2) is 0 Å². The highest BCUT2D eigenvalue weighted by molar-refractivity contribution is 4.67. The van der Waals surface area contributed by atoms with Crippen LogP contribution < -0.4 is 31.9 Å². The molecule has 8 nitrogen and oxygen atoms in total. The van der Waals surface area contributed by atoms with E-state index in [4.69, 9.17) is 0 Å². The van der Waals surface area contributed by atoms with Crippen LogP contribution in [0.3, 0.4) is 0 Å². The van der Waals surface area contributed by atoms with Crippen LogP contribution in [-0.4, -0.2) is 115 Å². The molecule has 2 aliphatic rings. The van der Waals surface area contributed by atoms with Gasteiger partial charge in [0.1, 0.15) is 0 Å². The Kier molecular flexibility index (Phi) is 13.3. The number of hydrazine groups is 1. The van der Waals surface area contributed by atoms with Gasteiger partial charge in [-0.15, -0.1) is 0 Å². The van der Waals surface area contributed by atoms with E-state index < -0.39 is 0 Å². The monoisotopic (exact) mass is 370 g/mol. The third kappa shape index (κ3) is 10.7. The van der Waals surface area contributed by atoms with Crippen LogP contribution >= 0.6 is 0 Å². The van der Waals surface area contributed by atoms with Gasteiger partial charge in [-0.1, -0.05) is 0 Å². The molecule has 0 aromatic heterocycles. The minimum Gasteiger partial charge on any atom is -0.315 e. The molecule has 0 amide bonds. The second kappa shape index (κ2) is 15.7. The maximum atomic E-state index is 3.59. The van der Waals surface area contributed by atoms with Gasteiger partial charge in [-0.05, 0) is 19.4 Å². The average Bonchev–Trinajstić information content (AvgIpc) is 2.64. The Balaban J connectivity index is 1.82. The van der Waals surface area contributed by atoms with Gasteiger partial charge in [0, 0.05) is 98.2 Å². The zero-order valence-electron chi connectivity index (χ0n) is 16.6. The molecule has 0 spiro atoms. The van der Waals surface area contributed by atoms with Crippen LogP contribution in [0.2, 0.25) is 0 Å². The molecule has 154 valence electrons. The van der Waals surface area contributed by atoms with E-state index in [0.29, 0.717) is 0 Å². The second-order valence-electron chi connectivity index (χ2n) is 7.11. The lowest BCUT2D eigenvalue weighted by molar-refractivity contribution is -0.0235. The zero-order chi connectivity index (χ0) is 18.1. The lowest BCUT2D eigenvalue weighted by Gasteiger charge is -2.36. The summed E-state index contributed by atoms with van der Waals surface area (Å²) in [5, 5.41) is 26.4. The Morgan fingerprint density at radius 1 is 0.308 bits per heavy atom. The summed E-state index contributed by atoms with van der Waals surface area (Å²) >= 11 is 0. The molecule has 0 bridgehead atoms. The molecule has 2 aliphatic heterocycles. The minimum atomic E-state index is 1.05. The molecule has 0 atom stereocenters. The quantitative estimate of drug-likeness (QED) is 0.312. The molecule has 2 heterocycles. The number of hydrogen-bond acceptors (Lipinski definition) is 8. The van der Waals surface area contributed by atoms with Gasteiger partial charge in [-0.2, -0.15) is 0 Å². The van der Waals surface area contributed by atoms with Crippen molar-refractivity contribution < 1.29 is 0 Å². The molecule has 0 saturated carbocycles. The van der Waals surface area contributed by atoms with E-state index in [0.717, 1.165) is 105 Å². The Morgan fingerprint density at radius 3 is 1.12 bits per heavy atom. The minimum absolute atomic E-state index is 1.05. The van der Waals surface area contributed by atoms with Crippen molar-refractivity contribution in [1.29, 1.82) is 0 Å². The highest BCUT2D eigenvalue weighted by atomic mass is 15.6. The number of nitrogens with one attached hydrogen (secondary N) is 6. The number of nitrogens with zero attached hydrogens (tertiary/aromatic N) is 2. The molecule has 2 rings (SSSR count). The average molecular weight is 371 g/mol. The Labute approximate surface area is 160 Å². The molecular formula is C18H42N8. The molecule has 8 heteroatoms. The van der Waals surface area contributed by atoms with Crippen molar-refractivity contribution in [1.82, 2.24) is 41.9 Å². The van der Waals surface area contributed by atoms with Crippen LogP contribution in [0.1, 0.15) is 12.8 Å². The Morgan fingerprint density at radius 2 is 0.654 bits per heavy atom. The van der Waals surface area contributed by atoms with Crippen molar-refractivity contribution in [3.8, 4) is 0 Å². The third-order valence-corrected chi connectivity index (χ3v) is 4.97. The topological polar surface area (TPSA) is 78.7 Å². The molecular weight excluding hydrogens is 328 g/mol. The second-order valence-corrected chi connectivity index (χ2v) is 7.11. The summed E-state index contributed by atoms with van der Waals surface area (Å²) in [4.78, 5) is 0. The molecule has 26 heavy (non-hydrogen) atoms. The number of rotatable bonds is 1. The summed E-state index contributed by atoms with van der Waals surface area (Å²) in [6.07, 6.45) is 2.50. The fourth-order valence-corrected chi connectivity index (χ4v) is 3.42. The fraction of sp³-hybridized carbons (Fsp3) is 1.00. The van der Waals surface area contributed by atoms with Crippen LogP contribution in [0, 0.1) is 0 Å². The summed E-state index contributed by atoms with van der Waals surface area (Å²) in [5.41, 5.74) is 0. The molecule has 0 unspecified atom stereocenters. The summed E-state index contributed by atoms with van der Waals surface area (Å²) < 4.78 is 0. The van der Waals surface area contributed by atoms with Gasteiger partial charge < -0.3 is 31.9 Å². The maximum absolute atomic E-state index is 3.59. The molecule has 6 N–H and O–H groups in total. The van der Waals surface area contributed by atoms with Gasteiger partial charge >= 0.3 is 0 Å². The lowest BCUT2D eigenvalue weighted by atomic mass is 10.3. The normalized spacial score (nSPS) is 26.3. The third-order valence-electron chi connectivity index (χ3n) is 4.97. The van der Waals surface area contributed by atoms with E-state index in [9.17, 15) is 0 Å². The van der Waals surface area contributed by atoms with Gasteiger partial charge in [0.25, 0.3) is 0 Å². The van der Waals surface area contributed by atoms with Crippen molar-refractivity contribution in [3.05, 3.63) is 0 Å². The predicted octanol–water partition coefficient (Wildman–Crippen LogP) is -2.15. The van der Waals surface area contributed by atoms with Crippen LogP contribution in [0.4, 0.5) is 0 Å². The molecule has 0 aromatic carbocycles. The van der Waals surface area contributed by atoms with Crippen molar-refractivity contribution in [2.75, 3.05) is 105 Å². The first kappa shape index (κ1) is 22.0. The molecule has 0 aliphatic carbocycles. The Hall–Kier alpha value is -0.320. The highest BCUT2D eigenvalue weighted by Crippen LogP contribution is 2.01. The van der Waals surface area contributed by atoms with Crippen molar-refractivity contribution in [2.24, 2.45) is 0 Å². The van der Waals surface area contributed by atoms with Gasteiger partial charge in [0.15, 0.2) is 0 Å². The maximum Gasteiger partial charge on any atom is 0.0259 e. The van der Waals surface area contributed by atoms with Crippen LogP contribution in [0.25, 0.3) is 0 Å². The molecule has 0 radical (unpaired) electrons. The van der Waals surface area contributed by atoms with Gasteiger partial charge in [0.05, 0.1) is 0 Å². The SMILES string of the molecule is C1CCN(N2CCNCCNCCNCC2)CCNCCNCCNC1. The van der Waals surface area contributed by atoms with E-state index >= 15 is 0 Å². The molecule has 2 fully saturated rings. The van der Waals surface area contributed by atoms with E-state index in [2.05, 4.69) is 41.9 Å². The van der Waals surface area contributed by atoms with E-state index in [1.807, 2.05) is 0 Å². The highest BCUT2D eigenvalue weighted by Gasteiger charge is 2.15. The van der Waals surface area contributed by atoms with E-state index in [-0.39, 0.29) is 0 Å². The largest absolute Gasteiger partial charge is 0.315 e. The summed E-state index contributed by atoms with van der Waals surface area (Å²) in [6, 6.07) is 0. The van der Waals surface area contributed by atoms with Crippen LogP contribution in [-0.2, 0) is 0 Å². The smallest absolute Gasteiger partial charge is 0.0259 e. The summed E-state index contributed by atoms with van der Waals surface area (Å²) in [5.74, 6) is 0. The van der Waals surface area contributed by atoms with E-state index in [1.165, 1.54) is 12.8 Å². The van der Waals surface area contributed by atoms with Gasteiger partial charge in [-0.3, -0.25) is 0 Å². The Bertz CT molecular complexity index is 292. The fourth-order valence-electron chi connectivity index (χ4n) is 3.42. The van der Waals surface area contributed by atoms with E-state index in [1.54, 1.807) is 0 Å². The first-order chi connectivity index (χ1) is 13.0. The summed E-state index contributed by atoms with van der Waals surface area (Å²) in [6.45, 7) is 17.1. The lowest BCUT2D eigenvalue weighted by Crippen LogP contribution is -2.52. The standard InChI is InChI=1S/C18H42N8/c1-2-15-25(16-12-22-9-6-20-5-4-19-3-1)26-17-13-23-10-7-21-8-11-24-14-18-26/h19-24H,1-18H2. The van der Waals surface area contributed by atoms with Crippen molar-refractivity contribution >= 4 is 0 Å². The van der Waals surface area contributed by atoms with Crippen molar-refractivity contribution in [3.63, 3.8) is 0 Å². The molecule has 2 saturated heterocycles. The van der Waals surface area contributed by atoms with Gasteiger partial charge in [-0.25, -0.2) is 10.0 Å². The first-order valence-electron chi connectivity index (χ1n) is 10.7. The van der Waals surface area contributed by atoms with Crippen molar-refractivity contribution in [2.45, 2.75) is 12.8 Å². The number of hydrogen-bond donors (Lipinski definition) is 6. The zero-order valence-corrected chi connectivity index (χ0v) is 16.6. The van der Waals surface area contributed by atoms with Gasteiger partial charge in [0.2, 0.25) is 0 Å². The summed E-state index contributed by atoms with van der Waals surface area (Å²) in [7, 11) is 0. The predicted molar refractivity (Wildman–Crippen MR) is 110 cm³/mol. The van der Waals surface area contributed by atoms with Crippen LogP contribution in [0.5, 0.6) is 0 Å².